The molecule has 0 aliphatic carbocycles. The Morgan fingerprint density at radius 3 is 3.12 bits per heavy atom. The van der Waals surface area contributed by atoms with E-state index in [9.17, 15) is 4.79 Å². The van der Waals surface area contributed by atoms with E-state index >= 15 is 0 Å². The summed E-state index contributed by atoms with van der Waals surface area (Å²) in [5.41, 5.74) is 3.60. The van der Waals surface area contributed by atoms with Gasteiger partial charge in [-0.3, -0.25) is 4.79 Å². The summed E-state index contributed by atoms with van der Waals surface area (Å²) in [6, 6.07) is 8.32. The predicted octanol–water partition coefficient (Wildman–Crippen LogP) is 2.91. The molecule has 5 heteroatoms. The van der Waals surface area contributed by atoms with Gasteiger partial charge in [0.25, 0.3) is 0 Å². The minimum absolute atomic E-state index is 0.0647. The molecule has 4 rings (SSSR count). The maximum Gasteiger partial charge on any atom is 0.237 e. The van der Waals surface area contributed by atoms with E-state index in [0.29, 0.717) is 6.54 Å². The Morgan fingerprint density at radius 1 is 1.29 bits per heavy atom. The van der Waals surface area contributed by atoms with Crippen molar-refractivity contribution in [3.63, 3.8) is 0 Å². The van der Waals surface area contributed by atoms with Crippen LogP contribution in [0.25, 0.3) is 0 Å². The quantitative estimate of drug-likeness (QED) is 0.930. The largest absolute Gasteiger partial charge is 0.354 e. The molecule has 3 heterocycles. The van der Waals surface area contributed by atoms with Crippen molar-refractivity contribution in [2.24, 2.45) is 0 Å². The number of aryl methyl sites for hydroxylation is 3. The van der Waals surface area contributed by atoms with Crippen molar-refractivity contribution in [1.29, 1.82) is 0 Å². The van der Waals surface area contributed by atoms with Gasteiger partial charge in [0.15, 0.2) is 0 Å². The molecule has 2 aliphatic rings. The lowest BCUT2D eigenvalue weighted by atomic mass is 10.0. The van der Waals surface area contributed by atoms with Crippen LogP contribution in [0, 0.1) is 0 Å². The fourth-order valence-corrected chi connectivity index (χ4v) is 4.83. The minimum Gasteiger partial charge on any atom is -0.354 e. The number of nitrogens with one attached hydrogen (secondary N) is 1. The highest BCUT2D eigenvalue weighted by Gasteiger charge is 2.26. The van der Waals surface area contributed by atoms with Gasteiger partial charge in [-0.25, -0.2) is 4.98 Å². The molecule has 1 aromatic carbocycles. The number of rotatable bonds is 4. The van der Waals surface area contributed by atoms with E-state index in [1.165, 1.54) is 29.8 Å². The topological polar surface area (TPSA) is 46.9 Å². The third-order valence-corrected chi connectivity index (χ3v) is 6.11. The number of fused-ring (bicyclic) bond motifs is 2. The van der Waals surface area contributed by atoms with Crippen molar-refractivity contribution >= 4 is 17.7 Å². The maximum absolute atomic E-state index is 12.6. The second-order valence-electron chi connectivity index (χ2n) is 6.54. The first-order chi connectivity index (χ1) is 11.8. The molecule has 24 heavy (non-hydrogen) atoms. The van der Waals surface area contributed by atoms with Crippen molar-refractivity contribution in [2.75, 3.05) is 12.3 Å². The highest BCUT2D eigenvalue weighted by atomic mass is 32.2. The van der Waals surface area contributed by atoms with Gasteiger partial charge in [-0.2, -0.15) is 0 Å². The van der Waals surface area contributed by atoms with Gasteiger partial charge in [0.05, 0.1) is 5.69 Å². The van der Waals surface area contributed by atoms with Crippen molar-refractivity contribution in [2.45, 2.75) is 43.9 Å². The molecule has 0 fully saturated rings. The number of benzene rings is 1. The number of imidazole rings is 1. The molecule has 0 saturated heterocycles. The van der Waals surface area contributed by atoms with Crippen LogP contribution < -0.4 is 5.32 Å². The molecule has 1 unspecified atom stereocenters. The fraction of sp³-hybridized carbons (Fsp3) is 0.474. The Bertz CT molecular complexity index is 716. The highest BCUT2D eigenvalue weighted by Crippen LogP contribution is 2.36. The smallest absolute Gasteiger partial charge is 0.237 e. The van der Waals surface area contributed by atoms with Crippen LogP contribution >= 0.6 is 11.8 Å². The molecule has 0 radical (unpaired) electrons. The van der Waals surface area contributed by atoms with E-state index in [0.717, 1.165) is 37.3 Å². The van der Waals surface area contributed by atoms with Crippen LogP contribution in [0.3, 0.4) is 0 Å². The van der Waals surface area contributed by atoms with Crippen LogP contribution in [0.1, 0.15) is 40.7 Å². The number of thioether (sulfide) groups is 1. The molecule has 0 saturated carbocycles. The van der Waals surface area contributed by atoms with Gasteiger partial charge in [0, 0.05) is 32.1 Å². The standard InChI is InChI=1S/C19H23N3OS/c23-19(18-16-6-2-1-5-14(16)9-12-24-18)20-10-8-15-13-22-11-4-3-7-17(22)21-15/h1-2,5-6,13,18H,3-4,7-12H2,(H,20,23). The van der Waals surface area contributed by atoms with Crippen LogP contribution in [-0.4, -0.2) is 27.8 Å². The molecule has 1 amide bonds. The van der Waals surface area contributed by atoms with E-state index in [2.05, 4.69) is 34.3 Å². The lowest BCUT2D eigenvalue weighted by Crippen LogP contribution is -2.31. The first kappa shape index (κ1) is 15.8. The van der Waals surface area contributed by atoms with Crippen molar-refractivity contribution < 1.29 is 4.79 Å². The van der Waals surface area contributed by atoms with Crippen molar-refractivity contribution in [1.82, 2.24) is 14.9 Å². The lowest BCUT2D eigenvalue weighted by molar-refractivity contribution is -0.120. The summed E-state index contributed by atoms with van der Waals surface area (Å²) < 4.78 is 2.27. The number of amides is 1. The number of nitrogens with zero attached hydrogens (tertiary/aromatic N) is 2. The molecule has 0 spiro atoms. The second kappa shape index (κ2) is 7.01. The van der Waals surface area contributed by atoms with Crippen LogP contribution in [0.4, 0.5) is 0 Å². The zero-order chi connectivity index (χ0) is 16.4. The molecule has 0 bridgehead atoms. The van der Waals surface area contributed by atoms with Crippen molar-refractivity contribution in [3.8, 4) is 0 Å². The van der Waals surface area contributed by atoms with Crippen molar-refractivity contribution in [3.05, 3.63) is 53.1 Å². The SMILES string of the molecule is O=C(NCCc1cn2c(n1)CCCC2)C1SCCc2ccccc21. The van der Waals surface area contributed by atoms with Crippen LogP contribution in [0.2, 0.25) is 0 Å². The Kier molecular flexibility index (Phi) is 4.60. The summed E-state index contributed by atoms with van der Waals surface area (Å²) in [6.07, 6.45) is 7.60. The lowest BCUT2D eigenvalue weighted by Gasteiger charge is -2.24. The summed E-state index contributed by atoms with van der Waals surface area (Å²) in [6.45, 7) is 1.75. The van der Waals surface area contributed by atoms with E-state index in [1.54, 1.807) is 11.8 Å². The van der Waals surface area contributed by atoms with Gasteiger partial charge in [0.2, 0.25) is 5.91 Å². The third kappa shape index (κ3) is 3.22. The van der Waals surface area contributed by atoms with Gasteiger partial charge in [-0.1, -0.05) is 24.3 Å². The number of aromatic nitrogens is 2. The summed E-state index contributed by atoms with van der Waals surface area (Å²) in [5.74, 6) is 2.36. The van der Waals surface area contributed by atoms with Gasteiger partial charge < -0.3 is 9.88 Å². The van der Waals surface area contributed by atoms with E-state index < -0.39 is 0 Å². The molecule has 1 aromatic heterocycles. The average molecular weight is 341 g/mol. The fourth-order valence-electron chi connectivity index (χ4n) is 3.61. The number of hydrogen-bond acceptors (Lipinski definition) is 3. The van der Waals surface area contributed by atoms with Gasteiger partial charge in [0.1, 0.15) is 11.1 Å². The number of carbonyl (C=O) groups excluding carboxylic acids is 1. The number of hydrogen-bond donors (Lipinski definition) is 1. The monoisotopic (exact) mass is 341 g/mol. The summed E-state index contributed by atoms with van der Waals surface area (Å²) in [5, 5.41) is 3.05. The number of carbonyl (C=O) groups is 1. The summed E-state index contributed by atoms with van der Waals surface area (Å²) in [7, 11) is 0. The Balaban J connectivity index is 1.35. The molecule has 4 nitrogen and oxygen atoms in total. The minimum atomic E-state index is -0.0647. The molecule has 126 valence electrons. The molecule has 1 atom stereocenters. The van der Waals surface area contributed by atoms with Gasteiger partial charge in [-0.15, -0.1) is 11.8 Å². The average Bonchev–Trinajstić information content (AvgIpc) is 3.04. The van der Waals surface area contributed by atoms with Gasteiger partial charge in [-0.05, 0) is 36.1 Å². The van der Waals surface area contributed by atoms with Crippen LogP contribution in [0.5, 0.6) is 0 Å². The second-order valence-corrected chi connectivity index (χ2v) is 7.75. The Hall–Kier alpha value is -1.75. The van der Waals surface area contributed by atoms with Crippen LogP contribution in [0.15, 0.2) is 30.5 Å². The predicted molar refractivity (Wildman–Crippen MR) is 97.2 cm³/mol. The zero-order valence-corrected chi connectivity index (χ0v) is 14.6. The molecule has 2 aromatic rings. The maximum atomic E-state index is 12.6. The molecular weight excluding hydrogens is 318 g/mol. The Morgan fingerprint density at radius 2 is 2.21 bits per heavy atom. The van der Waals surface area contributed by atoms with Gasteiger partial charge >= 0.3 is 0 Å². The zero-order valence-electron chi connectivity index (χ0n) is 13.8. The first-order valence-corrected chi connectivity index (χ1v) is 9.88. The third-order valence-electron chi connectivity index (χ3n) is 4.87. The van der Waals surface area contributed by atoms with E-state index in [-0.39, 0.29) is 11.2 Å². The molecule has 2 aliphatic heterocycles. The normalized spacial score (nSPS) is 19.4. The van der Waals surface area contributed by atoms with Crippen LogP contribution in [-0.2, 0) is 30.6 Å². The summed E-state index contributed by atoms with van der Waals surface area (Å²) in [4.78, 5) is 17.3. The molecular formula is C19H23N3OS. The van der Waals surface area contributed by atoms with E-state index in [1.807, 2.05) is 6.07 Å². The summed E-state index contributed by atoms with van der Waals surface area (Å²) >= 11 is 1.75. The molecule has 1 N–H and O–H groups in total. The Labute approximate surface area is 147 Å². The highest BCUT2D eigenvalue weighted by molar-refractivity contribution is 8.00. The van der Waals surface area contributed by atoms with E-state index in [4.69, 9.17) is 4.98 Å². The first-order valence-electron chi connectivity index (χ1n) is 8.83.